The molecule has 0 bridgehead atoms. The Morgan fingerprint density at radius 3 is 2.52 bits per heavy atom. The molecule has 0 radical (unpaired) electrons. The second-order valence-electron chi connectivity index (χ2n) is 6.41. The van der Waals surface area contributed by atoms with Gasteiger partial charge in [-0.25, -0.2) is 4.39 Å². The molecule has 1 aromatic rings. The van der Waals surface area contributed by atoms with Gasteiger partial charge in [0.2, 0.25) is 0 Å². The van der Waals surface area contributed by atoms with E-state index in [0.29, 0.717) is 18.7 Å². The number of rotatable bonds is 9. The van der Waals surface area contributed by atoms with Crippen molar-refractivity contribution in [1.82, 2.24) is 10.2 Å². The van der Waals surface area contributed by atoms with Crippen molar-refractivity contribution in [2.75, 3.05) is 33.8 Å². The van der Waals surface area contributed by atoms with E-state index in [1.165, 1.54) is 13.2 Å². The Bertz CT molecular complexity index is 593. The number of nitrogens with one attached hydrogen (secondary N) is 2. The lowest BCUT2D eigenvalue weighted by Crippen LogP contribution is -3.11. The van der Waals surface area contributed by atoms with Crippen molar-refractivity contribution in [3.8, 4) is 5.75 Å². The third kappa shape index (κ3) is 7.09. The Balaban J connectivity index is 2.62. The number of quaternary nitrogens is 1. The molecular formula is C18H29FN3O3+. The summed E-state index contributed by atoms with van der Waals surface area (Å²) in [4.78, 5) is 26.7. The van der Waals surface area contributed by atoms with Gasteiger partial charge in [0.1, 0.15) is 0 Å². The van der Waals surface area contributed by atoms with Crippen molar-refractivity contribution >= 4 is 11.8 Å². The first-order valence-electron chi connectivity index (χ1n) is 8.47. The van der Waals surface area contributed by atoms with E-state index in [0.717, 1.165) is 4.90 Å². The van der Waals surface area contributed by atoms with Gasteiger partial charge in [0, 0.05) is 19.1 Å². The van der Waals surface area contributed by atoms with E-state index >= 15 is 0 Å². The normalized spacial score (nSPS) is 12.0. The molecule has 1 atom stereocenters. The van der Waals surface area contributed by atoms with E-state index in [4.69, 9.17) is 4.74 Å². The molecule has 2 N–H and O–H groups in total. The molecule has 0 spiro atoms. The summed E-state index contributed by atoms with van der Waals surface area (Å²) in [5.74, 6) is -0.427. The van der Waals surface area contributed by atoms with Crippen molar-refractivity contribution in [2.45, 2.75) is 33.4 Å². The van der Waals surface area contributed by atoms with Crippen LogP contribution < -0.4 is 15.0 Å². The summed E-state index contributed by atoms with van der Waals surface area (Å²) >= 11 is 0. The van der Waals surface area contributed by atoms with Crippen molar-refractivity contribution in [3.63, 3.8) is 0 Å². The molecule has 0 aliphatic heterocycles. The summed E-state index contributed by atoms with van der Waals surface area (Å²) in [6, 6.07) is 4.75. The molecule has 140 valence electrons. The van der Waals surface area contributed by atoms with E-state index in [2.05, 4.69) is 5.32 Å². The number of ether oxygens (including phenoxy) is 1. The van der Waals surface area contributed by atoms with Crippen LogP contribution >= 0.6 is 0 Å². The predicted molar refractivity (Wildman–Crippen MR) is 93.9 cm³/mol. The topological polar surface area (TPSA) is 63.1 Å². The number of carbonyl (C=O) groups is 2. The van der Waals surface area contributed by atoms with Gasteiger partial charge in [0.05, 0.1) is 14.2 Å². The lowest BCUT2D eigenvalue weighted by molar-refractivity contribution is -0.863. The number of methoxy groups -OCH3 is 1. The highest BCUT2D eigenvalue weighted by atomic mass is 19.1. The third-order valence-corrected chi connectivity index (χ3v) is 3.69. The van der Waals surface area contributed by atoms with Crippen LogP contribution in [0.3, 0.4) is 0 Å². The molecule has 1 aromatic carbocycles. The number of halogens is 1. The molecule has 1 rings (SSSR count). The maximum Gasteiger partial charge on any atom is 0.278 e. The average molecular weight is 354 g/mol. The van der Waals surface area contributed by atoms with Crippen LogP contribution in [0.4, 0.5) is 4.39 Å². The number of nitrogens with zero attached hydrogens (tertiary/aromatic N) is 1. The predicted octanol–water partition coefficient (Wildman–Crippen LogP) is 0.222. The monoisotopic (exact) mass is 354 g/mol. The van der Waals surface area contributed by atoms with Crippen molar-refractivity contribution in [3.05, 3.63) is 29.6 Å². The Labute approximate surface area is 148 Å². The number of benzene rings is 1. The molecule has 0 aromatic heterocycles. The molecule has 0 aliphatic carbocycles. The number of hydrogen-bond acceptors (Lipinski definition) is 3. The first-order valence-corrected chi connectivity index (χ1v) is 8.47. The lowest BCUT2D eigenvalue weighted by Gasteiger charge is -2.23. The molecule has 0 aliphatic rings. The third-order valence-electron chi connectivity index (χ3n) is 3.69. The molecule has 1 unspecified atom stereocenters. The smallest absolute Gasteiger partial charge is 0.278 e. The van der Waals surface area contributed by atoms with Gasteiger partial charge in [0.25, 0.3) is 11.8 Å². The SMILES string of the molecule is CCN(Cc1ccc(OC)c(F)c1)C(=O)C[NH+](C)CC(=O)NC(C)C. The van der Waals surface area contributed by atoms with Gasteiger partial charge in [-0.05, 0) is 38.5 Å². The standard InChI is InChI=1S/C18H28FN3O3/c1-6-22(10-14-7-8-16(25-5)15(19)9-14)18(24)12-21(4)11-17(23)20-13(2)3/h7-9,13H,6,10-12H2,1-5H3,(H,20,23)/p+1. The van der Waals surface area contributed by atoms with Gasteiger partial charge in [-0.3, -0.25) is 9.59 Å². The molecular weight excluding hydrogens is 325 g/mol. The van der Waals surface area contributed by atoms with Gasteiger partial charge in [-0.1, -0.05) is 6.07 Å². The highest BCUT2D eigenvalue weighted by molar-refractivity contribution is 5.79. The summed E-state index contributed by atoms with van der Waals surface area (Å²) in [5, 5.41) is 2.81. The van der Waals surface area contributed by atoms with E-state index < -0.39 is 5.82 Å². The fraction of sp³-hybridized carbons (Fsp3) is 0.556. The fourth-order valence-electron chi connectivity index (χ4n) is 2.48. The molecule has 0 heterocycles. The van der Waals surface area contributed by atoms with Crippen LogP contribution in [-0.4, -0.2) is 56.5 Å². The van der Waals surface area contributed by atoms with E-state index in [-0.39, 0.29) is 36.7 Å². The maximum absolute atomic E-state index is 13.8. The van der Waals surface area contributed by atoms with Gasteiger partial charge < -0.3 is 19.9 Å². The van der Waals surface area contributed by atoms with Crippen LogP contribution in [0.25, 0.3) is 0 Å². The Hall–Kier alpha value is -2.15. The minimum atomic E-state index is -0.448. The Kier molecular flexibility index (Phi) is 8.34. The molecule has 6 nitrogen and oxygen atoms in total. The largest absolute Gasteiger partial charge is 0.494 e. The minimum Gasteiger partial charge on any atom is -0.494 e. The van der Waals surface area contributed by atoms with Crippen LogP contribution in [0.1, 0.15) is 26.3 Å². The zero-order valence-corrected chi connectivity index (χ0v) is 15.7. The number of amides is 2. The number of hydrogen-bond donors (Lipinski definition) is 2. The van der Waals surface area contributed by atoms with E-state index in [1.807, 2.05) is 20.8 Å². The quantitative estimate of drug-likeness (QED) is 0.667. The second-order valence-corrected chi connectivity index (χ2v) is 6.41. The first-order chi connectivity index (χ1) is 11.8. The number of likely N-dealkylation sites (N-methyl/N-ethyl adjacent to an activating group) is 2. The first kappa shape index (κ1) is 20.9. The van der Waals surface area contributed by atoms with Gasteiger partial charge >= 0.3 is 0 Å². The minimum absolute atomic E-state index is 0.0754. The molecule has 0 fully saturated rings. The molecule has 0 saturated heterocycles. The van der Waals surface area contributed by atoms with Gasteiger partial charge in [0.15, 0.2) is 24.7 Å². The summed E-state index contributed by atoms with van der Waals surface area (Å²) in [5.41, 5.74) is 0.698. The van der Waals surface area contributed by atoms with Crippen molar-refractivity contribution in [2.24, 2.45) is 0 Å². The van der Waals surface area contributed by atoms with E-state index in [9.17, 15) is 14.0 Å². The van der Waals surface area contributed by atoms with Gasteiger partial charge in [-0.15, -0.1) is 0 Å². The zero-order valence-electron chi connectivity index (χ0n) is 15.7. The Morgan fingerprint density at radius 1 is 1.32 bits per heavy atom. The zero-order chi connectivity index (χ0) is 19.0. The maximum atomic E-state index is 13.8. The van der Waals surface area contributed by atoms with Crippen LogP contribution in [0.2, 0.25) is 0 Å². The Morgan fingerprint density at radius 2 is 2.00 bits per heavy atom. The summed E-state index contributed by atoms with van der Waals surface area (Å²) < 4.78 is 18.7. The highest BCUT2D eigenvalue weighted by Crippen LogP contribution is 2.18. The van der Waals surface area contributed by atoms with Crippen molar-refractivity contribution in [1.29, 1.82) is 0 Å². The van der Waals surface area contributed by atoms with Crippen LogP contribution in [0, 0.1) is 5.82 Å². The highest BCUT2D eigenvalue weighted by Gasteiger charge is 2.19. The number of carbonyl (C=O) groups excluding carboxylic acids is 2. The fourth-order valence-corrected chi connectivity index (χ4v) is 2.48. The summed E-state index contributed by atoms with van der Waals surface area (Å²) in [6.45, 7) is 6.94. The molecule has 7 heteroatoms. The van der Waals surface area contributed by atoms with Crippen molar-refractivity contribution < 1.29 is 23.6 Å². The summed E-state index contributed by atoms with van der Waals surface area (Å²) in [6.07, 6.45) is 0. The second kappa shape index (κ2) is 9.98. The summed E-state index contributed by atoms with van der Waals surface area (Å²) in [7, 11) is 3.21. The lowest BCUT2D eigenvalue weighted by atomic mass is 10.2. The van der Waals surface area contributed by atoms with Crippen LogP contribution in [0.5, 0.6) is 5.75 Å². The molecule has 2 amide bonds. The molecule has 0 saturated carbocycles. The van der Waals surface area contributed by atoms with E-state index in [1.54, 1.807) is 24.1 Å². The van der Waals surface area contributed by atoms with Crippen LogP contribution in [-0.2, 0) is 16.1 Å². The van der Waals surface area contributed by atoms with Crippen LogP contribution in [0.15, 0.2) is 18.2 Å². The van der Waals surface area contributed by atoms with Gasteiger partial charge in [-0.2, -0.15) is 0 Å². The average Bonchev–Trinajstić information content (AvgIpc) is 2.51. The molecule has 25 heavy (non-hydrogen) atoms.